The number of nitrogens with zero attached hydrogens (tertiary/aromatic N) is 2. The fourth-order valence-corrected chi connectivity index (χ4v) is 6.64. The summed E-state index contributed by atoms with van der Waals surface area (Å²) in [7, 11) is -4.25. The molecule has 10 heteroatoms. The first-order valence-electron chi connectivity index (χ1n) is 13.2. The van der Waals surface area contributed by atoms with Crippen molar-refractivity contribution in [1.29, 1.82) is 0 Å². The third kappa shape index (κ3) is 7.28. The number of sulfonamides is 1. The molecule has 7 nitrogen and oxygen atoms in total. The van der Waals surface area contributed by atoms with E-state index in [4.69, 9.17) is 0 Å². The topological polar surface area (TPSA) is 86.8 Å². The average Bonchev–Trinajstić information content (AvgIpc) is 3.44. The summed E-state index contributed by atoms with van der Waals surface area (Å²) in [5, 5.41) is 3.05. The number of hydrogen-bond acceptors (Lipinski definition) is 4. The van der Waals surface area contributed by atoms with Gasteiger partial charge < -0.3 is 10.2 Å². The molecule has 0 saturated heterocycles. The van der Waals surface area contributed by atoms with E-state index < -0.39 is 34.3 Å². The van der Waals surface area contributed by atoms with E-state index in [1.807, 2.05) is 31.2 Å². The molecule has 1 aliphatic rings. The normalized spacial score (nSPS) is 14.5. The second-order valence-corrected chi connectivity index (χ2v) is 12.9. The molecule has 1 saturated carbocycles. The van der Waals surface area contributed by atoms with Gasteiger partial charge in [-0.1, -0.05) is 58.6 Å². The number of anilines is 1. The van der Waals surface area contributed by atoms with E-state index in [1.54, 1.807) is 31.2 Å². The zero-order valence-electron chi connectivity index (χ0n) is 22.5. The fourth-order valence-electron chi connectivity index (χ4n) is 4.78. The Labute approximate surface area is 243 Å². The number of carbonyl (C=O) groups excluding carboxylic acids is 2. The standard InChI is InChI=1S/C30H33BrFN3O4S/c1-21-10-14-27(15-11-21)35(40(38,39)28-16-12-25(32)13-17-28)20-29(36)34(19-23-6-5-7-24(31)18-23)22(2)30(37)33-26-8-3-4-9-26/h5-7,10-18,22,26H,3-4,8-9,19-20H2,1-2H3,(H,33,37)/t22-/m1/s1. The van der Waals surface area contributed by atoms with Crippen molar-refractivity contribution >= 4 is 43.5 Å². The van der Waals surface area contributed by atoms with Crippen molar-refractivity contribution in [2.45, 2.75) is 63.1 Å². The van der Waals surface area contributed by atoms with Crippen LogP contribution in [0, 0.1) is 12.7 Å². The van der Waals surface area contributed by atoms with Gasteiger partial charge >= 0.3 is 0 Å². The van der Waals surface area contributed by atoms with Crippen molar-refractivity contribution in [2.75, 3.05) is 10.8 Å². The van der Waals surface area contributed by atoms with E-state index in [1.165, 1.54) is 17.0 Å². The Kier molecular flexibility index (Phi) is 9.63. The van der Waals surface area contributed by atoms with Gasteiger partial charge in [-0.05, 0) is 80.8 Å². The lowest BCUT2D eigenvalue weighted by atomic mass is 10.1. The smallest absolute Gasteiger partial charge is 0.264 e. The quantitative estimate of drug-likeness (QED) is 0.318. The molecule has 4 rings (SSSR count). The Bertz CT molecular complexity index is 1440. The molecule has 3 aromatic rings. The Morgan fingerprint density at radius 2 is 1.68 bits per heavy atom. The molecule has 0 bridgehead atoms. The van der Waals surface area contributed by atoms with Gasteiger partial charge in [0.25, 0.3) is 10.0 Å². The first-order valence-corrected chi connectivity index (χ1v) is 15.5. The predicted octanol–water partition coefficient (Wildman–Crippen LogP) is 5.57. The molecule has 0 aromatic heterocycles. The van der Waals surface area contributed by atoms with Gasteiger partial charge in [0, 0.05) is 17.1 Å². The van der Waals surface area contributed by atoms with Gasteiger partial charge in [0.15, 0.2) is 0 Å². The summed E-state index contributed by atoms with van der Waals surface area (Å²) in [6.07, 6.45) is 3.89. The molecule has 0 radical (unpaired) electrons. The van der Waals surface area contributed by atoms with E-state index in [0.29, 0.717) is 0 Å². The molecule has 212 valence electrons. The largest absolute Gasteiger partial charge is 0.352 e. The van der Waals surface area contributed by atoms with E-state index in [9.17, 15) is 22.4 Å². The average molecular weight is 631 g/mol. The summed E-state index contributed by atoms with van der Waals surface area (Å²) in [4.78, 5) is 28.5. The summed E-state index contributed by atoms with van der Waals surface area (Å²) in [6.45, 7) is 3.09. The van der Waals surface area contributed by atoms with Crippen LogP contribution in [-0.2, 0) is 26.2 Å². The lowest BCUT2D eigenvalue weighted by molar-refractivity contribution is -0.139. The fraction of sp³-hybridized carbons (Fsp3) is 0.333. The number of aryl methyl sites for hydroxylation is 1. The number of nitrogens with one attached hydrogen (secondary N) is 1. The highest BCUT2D eigenvalue weighted by atomic mass is 79.9. The van der Waals surface area contributed by atoms with Crippen LogP contribution >= 0.6 is 15.9 Å². The summed E-state index contributed by atoms with van der Waals surface area (Å²) >= 11 is 3.45. The van der Waals surface area contributed by atoms with Crippen LogP contribution in [0.2, 0.25) is 0 Å². The maximum Gasteiger partial charge on any atom is 0.264 e. The van der Waals surface area contributed by atoms with E-state index in [-0.39, 0.29) is 29.1 Å². The van der Waals surface area contributed by atoms with Crippen LogP contribution in [0.3, 0.4) is 0 Å². The van der Waals surface area contributed by atoms with Gasteiger partial charge in [0.05, 0.1) is 10.6 Å². The minimum atomic E-state index is -4.25. The van der Waals surface area contributed by atoms with Crippen LogP contribution in [0.1, 0.15) is 43.7 Å². The summed E-state index contributed by atoms with van der Waals surface area (Å²) < 4.78 is 43.0. The Balaban J connectivity index is 1.68. The van der Waals surface area contributed by atoms with E-state index in [2.05, 4.69) is 21.2 Å². The molecular weight excluding hydrogens is 597 g/mol. The monoisotopic (exact) mass is 629 g/mol. The van der Waals surface area contributed by atoms with Crippen LogP contribution in [0.4, 0.5) is 10.1 Å². The molecule has 1 aliphatic carbocycles. The number of amides is 2. The van der Waals surface area contributed by atoms with Gasteiger partial charge in [-0.3, -0.25) is 13.9 Å². The molecule has 0 unspecified atom stereocenters. The minimum absolute atomic E-state index is 0.0701. The van der Waals surface area contributed by atoms with Crippen LogP contribution in [0.5, 0.6) is 0 Å². The molecule has 2 amide bonds. The number of halogens is 2. The van der Waals surface area contributed by atoms with Crippen molar-refractivity contribution in [1.82, 2.24) is 10.2 Å². The van der Waals surface area contributed by atoms with Gasteiger partial charge in [0.1, 0.15) is 18.4 Å². The highest BCUT2D eigenvalue weighted by molar-refractivity contribution is 9.10. The molecule has 0 heterocycles. The number of rotatable bonds is 10. The van der Waals surface area contributed by atoms with Crippen molar-refractivity contribution in [3.05, 3.63) is 94.2 Å². The molecule has 40 heavy (non-hydrogen) atoms. The Hall–Kier alpha value is -3.24. The van der Waals surface area contributed by atoms with E-state index in [0.717, 1.165) is 57.7 Å². The van der Waals surface area contributed by atoms with Crippen molar-refractivity contribution in [2.24, 2.45) is 0 Å². The van der Waals surface area contributed by atoms with Crippen LogP contribution in [0.15, 0.2) is 82.2 Å². The van der Waals surface area contributed by atoms with Crippen molar-refractivity contribution < 1.29 is 22.4 Å². The summed E-state index contributed by atoms with van der Waals surface area (Å²) in [5.41, 5.74) is 1.99. The van der Waals surface area contributed by atoms with Crippen LogP contribution in [0.25, 0.3) is 0 Å². The molecule has 1 N–H and O–H groups in total. The molecule has 0 spiro atoms. The maximum atomic E-state index is 14.0. The maximum absolute atomic E-state index is 14.0. The first-order chi connectivity index (χ1) is 19.0. The first kappa shape index (κ1) is 29.7. The zero-order chi connectivity index (χ0) is 28.9. The SMILES string of the molecule is Cc1ccc(N(CC(=O)N(Cc2cccc(Br)c2)[C@H](C)C(=O)NC2CCCC2)S(=O)(=O)c2ccc(F)cc2)cc1. The highest BCUT2D eigenvalue weighted by Gasteiger charge is 2.33. The lowest BCUT2D eigenvalue weighted by Crippen LogP contribution is -2.52. The molecule has 1 atom stereocenters. The Morgan fingerprint density at radius 3 is 2.30 bits per heavy atom. The predicted molar refractivity (Wildman–Crippen MR) is 157 cm³/mol. The highest BCUT2D eigenvalue weighted by Crippen LogP contribution is 2.26. The van der Waals surface area contributed by atoms with Gasteiger partial charge in [-0.15, -0.1) is 0 Å². The van der Waals surface area contributed by atoms with Crippen molar-refractivity contribution in [3.8, 4) is 0 Å². The minimum Gasteiger partial charge on any atom is -0.352 e. The zero-order valence-corrected chi connectivity index (χ0v) is 24.9. The van der Waals surface area contributed by atoms with Gasteiger partial charge in [0.2, 0.25) is 11.8 Å². The second kappa shape index (κ2) is 13.0. The third-order valence-corrected chi connectivity index (χ3v) is 9.39. The summed E-state index contributed by atoms with van der Waals surface area (Å²) in [6, 6.07) is 17.9. The second-order valence-electron chi connectivity index (χ2n) is 10.1. The molecule has 3 aromatic carbocycles. The van der Waals surface area contributed by atoms with Gasteiger partial charge in [-0.25, -0.2) is 12.8 Å². The third-order valence-electron chi connectivity index (χ3n) is 7.11. The number of benzene rings is 3. The van der Waals surface area contributed by atoms with Crippen molar-refractivity contribution in [3.63, 3.8) is 0 Å². The van der Waals surface area contributed by atoms with Crippen LogP contribution < -0.4 is 9.62 Å². The van der Waals surface area contributed by atoms with Crippen LogP contribution in [-0.4, -0.2) is 43.8 Å². The molecular formula is C30H33BrFN3O4S. The summed E-state index contributed by atoms with van der Waals surface area (Å²) in [5.74, 6) is -1.39. The number of hydrogen-bond donors (Lipinski definition) is 1. The van der Waals surface area contributed by atoms with E-state index >= 15 is 0 Å². The molecule has 0 aliphatic heterocycles. The molecule has 1 fully saturated rings. The number of carbonyl (C=O) groups is 2. The lowest BCUT2D eigenvalue weighted by Gasteiger charge is -2.32. The van der Waals surface area contributed by atoms with Gasteiger partial charge in [-0.2, -0.15) is 0 Å². The Morgan fingerprint density at radius 1 is 1.02 bits per heavy atom.